The number of hydrogen-bond acceptors (Lipinski definition) is 2. The summed E-state index contributed by atoms with van der Waals surface area (Å²) in [4.78, 5) is 5.45. The average Bonchev–Trinajstić information content (AvgIpc) is 3.37. The van der Waals surface area contributed by atoms with E-state index in [4.69, 9.17) is 0 Å². The van der Waals surface area contributed by atoms with Gasteiger partial charge in [0.15, 0.2) is 0 Å². The van der Waals surface area contributed by atoms with Crippen molar-refractivity contribution in [3.63, 3.8) is 0 Å². The zero-order chi connectivity index (χ0) is 24.9. The highest BCUT2D eigenvalue weighted by atomic mass is 15.2. The van der Waals surface area contributed by atoms with Gasteiger partial charge in [0.1, 0.15) is 0 Å². The van der Waals surface area contributed by atoms with Gasteiger partial charge in [-0.25, -0.2) is 0 Å². The van der Waals surface area contributed by atoms with E-state index in [2.05, 4.69) is 94.7 Å². The zero-order valence-electron chi connectivity index (χ0n) is 22.5. The van der Waals surface area contributed by atoms with Crippen LogP contribution in [-0.4, -0.2) is 30.1 Å². The number of para-hydroxylation sites is 1. The molecule has 1 aliphatic heterocycles. The second kappa shape index (κ2) is 14.7. The van der Waals surface area contributed by atoms with Gasteiger partial charge in [0.25, 0.3) is 0 Å². The van der Waals surface area contributed by atoms with E-state index in [9.17, 15) is 0 Å². The number of anilines is 1. The number of nitrogens with zero attached hydrogens (tertiary/aromatic N) is 2. The molecular weight excluding hydrogens is 424 g/mol. The van der Waals surface area contributed by atoms with Gasteiger partial charge in [0.05, 0.1) is 0 Å². The number of rotatable bonds is 7. The van der Waals surface area contributed by atoms with Crippen LogP contribution in [0.4, 0.5) is 5.69 Å². The van der Waals surface area contributed by atoms with Crippen LogP contribution in [0.15, 0.2) is 84.9 Å². The van der Waals surface area contributed by atoms with Crippen LogP contribution in [0, 0.1) is 0 Å². The lowest BCUT2D eigenvalue weighted by Gasteiger charge is -2.39. The maximum Gasteiger partial charge on any atom is 0.0370 e. The summed E-state index contributed by atoms with van der Waals surface area (Å²) in [5.41, 5.74) is 5.90. The minimum atomic E-state index is 0.575. The molecule has 1 unspecified atom stereocenters. The van der Waals surface area contributed by atoms with Crippen molar-refractivity contribution in [1.82, 2.24) is 4.90 Å². The lowest BCUT2D eigenvalue weighted by atomic mass is 9.97. The first kappa shape index (κ1) is 27.0. The summed E-state index contributed by atoms with van der Waals surface area (Å²) < 4.78 is 0. The molecule has 3 aromatic carbocycles. The standard InChI is InChI=1S/C29H34N2.2C2H6/c1-3-11-24(12-4-1)23-30-19-10-9-15-27(30)18-20-31(28-16-5-2-6-17-28)29-21-25-13-7-8-14-26(25)22-29;2*1-2/h1-8,11-14,16-17,27,29H,9-10,15,18-23H2;2*1-2H3. The van der Waals surface area contributed by atoms with Gasteiger partial charge in [0.2, 0.25) is 0 Å². The molecule has 1 aliphatic carbocycles. The molecule has 0 N–H and O–H groups in total. The van der Waals surface area contributed by atoms with Crippen molar-refractivity contribution in [2.45, 2.75) is 84.8 Å². The number of benzene rings is 3. The normalized spacial score (nSPS) is 17.4. The Balaban J connectivity index is 0.000000815. The van der Waals surface area contributed by atoms with Gasteiger partial charge in [-0.1, -0.05) is 107 Å². The second-order valence-electron chi connectivity index (χ2n) is 9.25. The first-order valence-electron chi connectivity index (χ1n) is 14.0. The van der Waals surface area contributed by atoms with Crippen molar-refractivity contribution in [3.8, 4) is 0 Å². The Morgan fingerprint density at radius 3 is 1.91 bits per heavy atom. The van der Waals surface area contributed by atoms with Crippen LogP contribution in [0.2, 0.25) is 0 Å². The molecule has 2 aliphatic rings. The topological polar surface area (TPSA) is 6.48 Å². The molecule has 2 nitrogen and oxygen atoms in total. The lowest BCUT2D eigenvalue weighted by Crippen LogP contribution is -2.43. The molecule has 5 rings (SSSR count). The van der Waals surface area contributed by atoms with Crippen molar-refractivity contribution in [2.24, 2.45) is 0 Å². The van der Waals surface area contributed by atoms with Crippen LogP contribution in [0.3, 0.4) is 0 Å². The van der Waals surface area contributed by atoms with E-state index in [1.165, 1.54) is 67.4 Å². The number of fused-ring (bicyclic) bond motifs is 1. The van der Waals surface area contributed by atoms with E-state index >= 15 is 0 Å². The van der Waals surface area contributed by atoms with E-state index < -0.39 is 0 Å². The Morgan fingerprint density at radius 1 is 0.714 bits per heavy atom. The van der Waals surface area contributed by atoms with Crippen LogP contribution in [0.25, 0.3) is 0 Å². The Morgan fingerprint density at radius 2 is 1.29 bits per heavy atom. The molecule has 1 fully saturated rings. The van der Waals surface area contributed by atoms with E-state index in [0.29, 0.717) is 12.1 Å². The minimum absolute atomic E-state index is 0.575. The third kappa shape index (κ3) is 7.45. The number of hydrogen-bond donors (Lipinski definition) is 0. The summed E-state index contributed by atoms with van der Waals surface area (Å²) in [6, 6.07) is 32.4. The van der Waals surface area contributed by atoms with E-state index in [1.807, 2.05) is 27.7 Å². The summed E-state index contributed by atoms with van der Waals surface area (Å²) in [7, 11) is 0. The molecule has 2 heteroatoms. The SMILES string of the molecule is CC.CC.c1ccc(CN2CCCCC2CCN(c2ccccc2)C2Cc3ccccc3C2)cc1. The predicted octanol–water partition coefficient (Wildman–Crippen LogP) is 8.16. The fourth-order valence-corrected chi connectivity index (χ4v) is 5.60. The molecule has 0 aromatic heterocycles. The molecule has 1 saturated heterocycles. The number of piperidine rings is 1. The van der Waals surface area contributed by atoms with Gasteiger partial charge in [-0.2, -0.15) is 0 Å². The third-order valence-electron chi connectivity index (χ3n) is 7.24. The molecule has 3 aromatic rings. The lowest BCUT2D eigenvalue weighted by molar-refractivity contribution is 0.133. The molecule has 1 heterocycles. The molecule has 35 heavy (non-hydrogen) atoms. The molecule has 0 bridgehead atoms. The first-order valence-corrected chi connectivity index (χ1v) is 14.0. The number of likely N-dealkylation sites (tertiary alicyclic amines) is 1. The van der Waals surface area contributed by atoms with Crippen molar-refractivity contribution >= 4 is 5.69 Å². The average molecular weight is 471 g/mol. The fourth-order valence-electron chi connectivity index (χ4n) is 5.60. The quantitative estimate of drug-likeness (QED) is 0.344. The summed E-state index contributed by atoms with van der Waals surface area (Å²) in [6.07, 6.45) is 7.63. The summed E-state index contributed by atoms with van der Waals surface area (Å²) in [6.45, 7) is 11.5. The van der Waals surface area contributed by atoms with Gasteiger partial charge in [-0.05, 0) is 67.5 Å². The predicted molar refractivity (Wildman–Crippen MR) is 153 cm³/mol. The molecule has 188 valence electrons. The van der Waals surface area contributed by atoms with Gasteiger partial charge in [-0.3, -0.25) is 4.90 Å². The van der Waals surface area contributed by atoms with Crippen LogP contribution in [0.5, 0.6) is 0 Å². The summed E-state index contributed by atoms with van der Waals surface area (Å²) in [5, 5.41) is 0. The zero-order valence-corrected chi connectivity index (χ0v) is 22.5. The third-order valence-corrected chi connectivity index (χ3v) is 7.24. The molecule has 1 atom stereocenters. The van der Waals surface area contributed by atoms with Crippen LogP contribution >= 0.6 is 0 Å². The molecule has 0 radical (unpaired) electrons. The van der Waals surface area contributed by atoms with Crippen molar-refractivity contribution in [2.75, 3.05) is 18.0 Å². The van der Waals surface area contributed by atoms with Gasteiger partial charge in [-0.15, -0.1) is 0 Å². The minimum Gasteiger partial charge on any atom is -0.368 e. The van der Waals surface area contributed by atoms with E-state index in [-0.39, 0.29) is 0 Å². The summed E-state index contributed by atoms with van der Waals surface area (Å²) in [5.74, 6) is 0. The summed E-state index contributed by atoms with van der Waals surface area (Å²) >= 11 is 0. The van der Waals surface area contributed by atoms with Crippen molar-refractivity contribution < 1.29 is 0 Å². The Labute approximate surface area is 215 Å². The van der Waals surface area contributed by atoms with Crippen LogP contribution in [-0.2, 0) is 19.4 Å². The van der Waals surface area contributed by atoms with Crippen LogP contribution < -0.4 is 4.90 Å². The molecule has 0 spiro atoms. The monoisotopic (exact) mass is 470 g/mol. The Kier molecular flexibility index (Phi) is 11.4. The smallest absolute Gasteiger partial charge is 0.0370 e. The maximum atomic E-state index is 2.74. The maximum absolute atomic E-state index is 2.74. The largest absolute Gasteiger partial charge is 0.368 e. The Hall–Kier alpha value is -2.58. The van der Waals surface area contributed by atoms with Gasteiger partial charge in [0, 0.05) is 30.9 Å². The molecule has 0 saturated carbocycles. The highest BCUT2D eigenvalue weighted by molar-refractivity contribution is 5.49. The second-order valence-corrected chi connectivity index (χ2v) is 9.25. The van der Waals surface area contributed by atoms with Crippen molar-refractivity contribution in [1.29, 1.82) is 0 Å². The van der Waals surface area contributed by atoms with E-state index in [0.717, 1.165) is 13.1 Å². The van der Waals surface area contributed by atoms with Gasteiger partial charge >= 0.3 is 0 Å². The molecular formula is C33H46N2. The van der Waals surface area contributed by atoms with E-state index in [1.54, 1.807) is 0 Å². The van der Waals surface area contributed by atoms with Gasteiger partial charge < -0.3 is 4.90 Å². The highest BCUT2D eigenvalue weighted by Crippen LogP contribution is 2.30. The van der Waals surface area contributed by atoms with Crippen LogP contribution in [0.1, 0.15) is 70.1 Å². The first-order chi connectivity index (χ1) is 17.4. The van der Waals surface area contributed by atoms with Crippen molar-refractivity contribution in [3.05, 3.63) is 102 Å². The molecule has 0 amide bonds. The Bertz CT molecular complexity index is 928. The fraction of sp³-hybridized carbons (Fsp3) is 0.455. The highest BCUT2D eigenvalue weighted by Gasteiger charge is 2.29.